The molecule has 0 heterocycles. The van der Waals surface area contributed by atoms with Crippen molar-refractivity contribution in [3.63, 3.8) is 0 Å². The van der Waals surface area contributed by atoms with Crippen LogP contribution in [0.15, 0.2) is 0 Å². The van der Waals surface area contributed by atoms with Crippen molar-refractivity contribution in [1.82, 2.24) is 4.90 Å². The van der Waals surface area contributed by atoms with Crippen molar-refractivity contribution in [2.45, 2.75) is 72.4 Å². The Morgan fingerprint density at radius 2 is 1.69 bits per heavy atom. The van der Waals surface area contributed by atoms with Crippen molar-refractivity contribution in [3.05, 3.63) is 0 Å². The highest BCUT2D eigenvalue weighted by Crippen LogP contribution is 2.13. The molecule has 0 radical (unpaired) electrons. The second-order valence-corrected chi connectivity index (χ2v) is 5.36. The number of rotatable bonds is 9. The molecule has 0 rings (SSSR count). The predicted octanol–water partition coefficient (Wildman–Crippen LogP) is 3.26. The first kappa shape index (κ1) is 15.9. The second-order valence-electron chi connectivity index (χ2n) is 5.36. The molecule has 0 aromatic carbocycles. The molecule has 98 valence electrons. The third-order valence-corrected chi connectivity index (χ3v) is 3.52. The molecule has 0 aromatic heterocycles. The van der Waals surface area contributed by atoms with Crippen molar-refractivity contribution >= 4 is 0 Å². The first-order chi connectivity index (χ1) is 7.51. The van der Waals surface area contributed by atoms with Gasteiger partial charge < -0.3 is 10.6 Å². The summed E-state index contributed by atoms with van der Waals surface area (Å²) >= 11 is 0. The Balaban J connectivity index is 3.78. The summed E-state index contributed by atoms with van der Waals surface area (Å²) in [5.74, 6) is 0.799. The topological polar surface area (TPSA) is 29.3 Å². The van der Waals surface area contributed by atoms with E-state index in [4.69, 9.17) is 5.73 Å². The van der Waals surface area contributed by atoms with Gasteiger partial charge in [0.05, 0.1) is 0 Å². The molecule has 0 spiro atoms. The van der Waals surface area contributed by atoms with Crippen molar-refractivity contribution in [1.29, 1.82) is 0 Å². The summed E-state index contributed by atoms with van der Waals surface area (Å²) in [5.41, 5.74) is 5.77. The van der Waals surface area contributed by atoms with Gasteiger partial charge in [0, 0.05) is 18.6 Å². The van der Waals surface area contributed by atoms with E-state index in [2.05, 4.69) is 39.5 Å². The molecule has 3 atom stereocenters. The average molecular weight is 228 g/mol. The van der Waals surface area contributed by atoms with Crippen LogP contribution in [0.5, 0.6) is 0 Å². The Morgan fingerprint density at radius 1 is 1.06 bits per heavy atom. The van der Waals surface area contributed by atoms with E-state index in [0.717, 1.165) is 12.0 Å². The molecule has 16 heavy (non-hydrogen) atoms. The highest BCUT2D eigenvalue weighted by Gasteiger charge is 2.13. The minimum atomic E-state index is 0.365. The van der Waals surface area contributed by atoms with Crippen molar-refractivity contribution in [2.75, 3.05) is 13.1 Å². The molecule has 0 amide bonds. The van der Waals surface area contributed by atoms with E-state index < -0.39 is 0 Å². The quantitative estimate of drug-likeness (QED) is 0.656. The fourth-order valence-corrected chi connectivity index (χ4v) is 2.16. The van der Waals surface area contributed by atoms with Gasteiger partial charge in [0.15, 0.2) is 0 Å². The Kier molecular flexibility index (Phi) is 8.96. The summed E-state index contributed by atoms with van der Waals surface area (Å²) < 4.78 is 0. The zero-order valence-corrected chi connectivity index (χ0v) is 12.0. The highest BCUT2D eigenvalue weighted by atomic mass is 15.1. The van der Waals surface area contributed by atoms with Crippen LogP contribution in [0.4, 0.5) is 0 Å². The fourth-order valence-electron chi connectivity index (χ4n) is 2.16. The minimum absolute atomic E-state index is 0.365. The normalized spacial score (nSPS) is 17.4. The molecule has 2 heteroatoms. The molecule has 2 nitrogen and oxygen atoms in total. The molecule has 0 bridgehead atoms. The zero-order chi connectivity index (χ0) is 12.6. The number of hydrogen-bond acceptors (Lipinski definition) is 2. The van der Waals surface area contributed by atoms with E-state index in [0.29, 0.717) is 6.04 Å². The number of nitrogens with zero attached hydrogens (tertiary/aromatic N) is 1. The van der Waals surface area contributed by atoms with Crippen LogP contribution in [0.3, 0.4) is 0 Å². The van der Waals surface area contributed by atoms with Gasteiger partial charge in [0.1, 0.15) is 0 Å². The molecule has 0 aliphatic carbocycles. The van der Waals surface area contributed by atoms with Crippen molar-refractivity contribution in [3.8, 4) is 0 Å². The van der Waals surface area contributed by atoms with E-state index in [1.807, 2.05) is 0 Å². The van der Waals surface area contributed by atoms with E-state index in [-0.39, 0.29) is 0 Å². The van der Waals surface area contributed by atoms with E-state index >= 15 is 0 Å². The van der Waals surface area contributed by atoms with Crippen LogP contribution >= 0.6 is 0 Å². The van der Waals surface area contributed by atoms with Gasteiger partial charge in [-0.05, 0) is 45.6 Å². The maximum atomic E-state index is 5.77. The monoisotopic (exact) mass is 228 g/mol. The average Bonchev–Trinajstić information content (AvgIpc) is 2.24. The smallest absolute Gasteiger partial charge is 0.00643 e. The molecular weight excluding hydrogens is 196 g/mol. The van der Waals surface area contributed by atoms with Crippen LogP contribution in [0, 0.1) is 5.92 Å². The maximum Gasteiger partial charge on any atom is 0.00643 e. The predicted molar refractivity (Wildman–Crippen MR) is 73.7 cm³/mol. The zero-order valence-electron chi connectivity index (χ0n) is 12.0. The van der Waals surface area contributed by atoms with E-state index in [1.54, 1.807) is 0 Å². The molecule has 0 aromatic rings. The lowest BCUT2D eigenvalue weighted by molar-refractivity contribution is 0.181. The molecule has 0 saturated carbocycles. The van der Waals surface area contributed by atoms with Crippen LogP contribution in [-0.2, 0) is 0 Å². The summed E-state index contributed by atoms with van der Waals surface area (Å²) in [5, 5.41) is 0. The summed E-state index contributed by atoms with van der Waals surface area (Å²) in [6, 6.07) is 1.09. The number of hydrogen-bond donors (Lipinski definition) is 1. The Hall–Kier alpha value is -0.0800. The SMILES string of the molecule is CCC(C)N(CC)CC(C)CCCC(C)N. The maximum absolute atomic E-state index is 5.77. The van der Waals surface area contributed by atoms with E-state index in [1.165, 1.54) is 38.8 Å². The molecule has 0 aliphatic heterocycles. The Bertz CT molecular complexity index is 157. The van der Waals surface area contributed by atoms with Crippen molar-refractivity contribution in [2.24, 2.45) is 11.7 Å². The molecular formula is C14H32N2. The minimum Gasteiger partial charge on any atom is -0.328 e. The highest BCUT2D eigenvalue weighted by molar-refractivity contribution is 4.68. The standard InChI is InChI=1S/C14H32N2/c1-6-14(5)16(7-2)11-12(3)9-8-10-13(4)15/h12-14H,6-11,15H2,1-5H3. The van der Waals surface area contributed by atoms with Gasteiger partial charge in [-0.25, -0.2) is 0 Å². The first-order valence-corrected chi connectivity index (χ1v) is 7.00. The van der Waals surface area contributed by atoms with Gasteiger partial charge in [-0.15, -0.1) is 0 Å². The lowest BCUT2D eigenvalue weighted by atomic mass is 10.0. The molecule has 0 aliphatic rings. The van der Waals surface area contributed by atoms with Crippen LogP contribution in [-0.4, -0.2) is 30.1 Å². The van der Waals surface area contributed by atoms with Gasteiger partial charge >= 0.3 is 0 Å². The van der Waals surface area contributed by atoms with Gasteiger partial charge in [-0.3, -0.25) is 0 Å². The Labute approximate surface area is 103 Å². The van der Waals surface area contributed by atoms with Gasteiger partial charge in [0.25, 0.3) is 0 Å². The van der Waals surface area contributed by atoms with Gasteiger partial charge in [-0.2, -0.15) is 0 Å². The largest absolute Gasteiger partial charge is 0.328 e. The van der Waals surface area contributed by atoms with Crippen LogP contribution in [0.25, 0.3) is 0 Å². The molecule has 0 fully saturated rings. The fraction of sp³-hybridized carbons (Fsp3) is 1.00. The van der Waals surface area contributed by atoms with Crippen molar-refractivity contribution < 1.29 is 0 Å². The third-order valence-electron chi connectivity index (χ3n) is 3.52. The third kappa shape index (κ3) is 7.24. The summed E-state index contributed by atoms with van der Waals surface area (Å²) in [6.45, 7) is 13.7. The summed E-state index contributed by atoms with van der Waals surface area (Å²) in [7, 11) is 0. The number of nitrogens with two attached hydrogens (primary N) is 1. The van der Waals surface area contributed by atoms with Crippen LogP contribution < -0.4 is 5.73 Å². The second kappa shape index (κ2) is 9.00. The Morgan fingerprint density at radius 3 is 2.12 bits per heavy atom. The van der Waals surface area contributed by atoms with E-state index in [9.17, 15) is 0 Å². The van der Waals surface area contributed by atoms with Gasteiger partial charge in [0.2, 0.25) is 0 Å². The van der Waals surface area contributed by atoms with Crippen LogP contribution in [0.2, 0.25) is 0 Å². The molecule has 2 N–H and O–H groups in total. The molecule has 3 unspecified atom stereocenters. The summed E-state index contributed by atoms with van der Waals surface area (Å²) in [4.78, 5) is 2.59. The molecule has 0 saturated heterocycles. The first-order valence-electron chi connectivity index (χ1n) is 7.00. The lowest BCUT2D eigenvalue weighted by Crippen LogP contribution is -2.36. The van der Waals surface area contributed by atoms with Crippen LogP contribution in [0.1, 0.15) is 60.3 Å². The summed E-state index contributed by atoms with van der Waals surface area (Å²) in [6.07, 6.45) is 5.01. The van der Waals surface area contributed by atoms with Gasteiger partial charge in [-0.1, -0.05) is 27.2 Å². The lowest BCUT2D eigenvalue weighted by Gasteiger charge is -2.29.